The molecular formula is C33H35N5O3. The lowest BCUT2D eigenvalue weighted by molar-refractivity contribution is -0.121. The van der Waals surface area contributed by atoms with Gasteiger partial charge in [-0.05, 0) is 97.8 Å². The van der Waals surface area contributed by atoms with Crippen molar-refractivity contribution in [2.75, 3.05) is 10.6 Å². The molecule has 41 heavy (non-hydrogen) atoms. The van der Waals surface area contributed by atoms with Crippen molar-refractivity contribution in [3.63, 3.8) is 0 Å². The third kappa shape index (κ3) is 6.67. The average Bonchev–Trinajstić information content (AvgIpc) is 3.76. The first-order valence-corrected chi connectivity index (χ1v) is 14.3. The summed E-state index contributed by atoms with van der Waals surface area (Å²) in [5.41, 5.74) is 3.90. The van der Waals surface area contributed by atoms with Crippen LogP contribution in [0.15, 0.2) is 54.6 Å². The van der Waals surface area contributed by atoms with Gasteiger partial charge in [-0.15, -0.1) is 5.26 Å². The zero-order valence-corrected chi connectivity index (χ0v) is 23.9. The van der Waals surface area contributed by atoms with E-state index in [2.05, 4.69) is 32.7 Å². The number of carbonyl (C=O) groups is 2. The van der Waals surface area contributed by atoms with Crippen LogP contribution in [0.2, 0.25) is 0 Å². The molecule has 8 nitrogen and oxygen atoms in total. The second kappa shape index (κ2) is 13.5. The number of fused-ring (bicyclic) bond motifs is 3. The molecule has 3 atom stereocenters. The Morgan fingerprint density at radius 1 is 0.976 bits per heavy atom. The molecule has 210 valence electrons. The summed E-state index contributed by atoms with van der Waals surface area (Å²) in [6.45, 7) is 8.00. The Labute approximate surface area is 241 Å². The molecule has 3 aromatic carbocycles. The Bertz CT molecular complexity index is 1520. The van der Waals surface area contributed by atoms with Gasteiger partial charge in [0, 0.05) is 22.7 Å². The van der Waals surface area contributed by atoms with Gasteiger partial charge in [-0.1, -0.05) is 34.1 Å². The summed E-state index contributed by atoms with van der Waals surface area (Å²) >= 11 is 0. The van der Waals surface area contributed by atoms with E-state index in [9.17, 15) is 9.59 Å². The molecule has 0 spiro atoms. The van der Waals surface area contributed by atoms with Gasteiger partial charge < -0.3 is 20.4 Å². The predicted octanol–water partition coefficient (Wildman–Crippen LogP) is 7.37. The standard InChI is InChI=1S/C29H23N5O3.2C2H6/c30-16-37-23-10-5-19(6-11-23)28(35)31-21-7-3-18(4-8-21)27-33-25-12-9-22(15-26(25)34-27)32-29(36)24-14-17-1-2-20(24)13-17;2*1-2/h3-8,10-11,15,17,20,24H,1-2,13-14H2,(H,31,35)(H,32,36)(H,33,34);2*1-2H3. The lowest BCUT2D eigenvalue weighted by Gasteiger charge is -2.20. The molecule has 1 aromatic heterocycles. The van der Waals surface area contributed by atoms with Gasteiger partial charge >= 0.3 is 0 Å². The number of aromatic amines is 1. The van der Waals surface area contributed by atoms with Crippen molar-refractivity contribution < 1.29 is 14.3 Å². The van der Waals surface area contributed by atoms with Crippen LogP contribution in [-0.2, 0) is 4.79 Å². The van der Waals surface area contributed by atoms with Gasteiger partial charge in [-0.25, -0.2) is 4.98 Å². The van der Waals surface area contributed by atoms with Crippen LogP contribution in [0, 0.1) is 41.4 Å². The number of carbonyl (C=O) groups excluding carboxylic acids is 2. The molecule has 6 rings (SSSR count). The highest BCUT2D eigenvalue weighted by Gasteiger charge is 2.43. The van der Waals surface area contributed by atoms with E-state index in [0.29, 0.717) is 51.4 Å². The summed E-state index contributed by atoms with van der Waals surface area (Å²) < 4.78 is 4.73. The van der Waals surface area contributed by atoms with Crippen molar-refractivity contribution >= 4 is 34.2 Å². The SMILES string of the molecule is CC.CC.N#COc1ccc(C(=O)Nc2ccc(-c3nc4cc(NC(=O)C5CC6CCC5C6)c#cc4[nH]3)cc2)cc1. The molecule has 2 fully saturated rings. The maximum Gasteiger partial charge on any atom is 0.292 e. The molecule has 4 aromatic rings. The highest BCUT2D eigenvalue weighted by atomic mass is 16.5. The number of rotatable bonds is 6. The Kier molecular flexibility index (Phi) is 9.60. The van der Waals surface area contributed by atoms with Crippen molar-refractivity contribution in [1.29, 1.82) is 5.26 Å². The number of nitriles is 1. The average molecular weight is 550 g/mol. The largest absolute Gasteiger partial charge is 0.388 e. The number of nitrogens with one attached hydrogen (secondary N) is 3. The summed E-state index contributed by atoms with van der Waals surface area (Å²) in [6.07, 6.45) is 6.20. The van der Waals surface area contributed by atoms with Gasteiger partial charge in [-0.2, -0.15) is 0 Å². The first-order chi connectivity index (χ1) is 20.1. The monoisotopic (exact) mass is 549 g/mol. The van der Waals surface area contributed by atoms with Crippen LogP contribution >= 0.6 is 0 Å². The van der Waals surface area contributed by atoms with Gasteiger partial charge in [0.2, 0.25) is 5.91 Å². The number of benzene rings is 2. The van der Waals surface area contributed by atoms with Crippen molar-refractivity contribution in [1.82, 2.24) is 9.97 Å². The van der Waals surface area contributed by atoms with Crippen LogP contribution < -0.4 is 15.4 Å². The summed E-state index contributed by atoms with van der Waals surface area (Å²) in [5.74, 6) is 2.17. The molecule has 2 aliphatic carbocycles. The van der Waals surface area contributed by atoms with E-state index in [4.69, 9.17) is 10.00 Å². The maximum atomic E-state index is 12.8. The molecule has 3 N–H and O–H groups in total. The minimum Gasteiger partial charge on any atom is -0.388 e. The summed E-state index contributed by atoms with van der Waals surface area (Å²) in [7, 11) is 0. The summed E-state index contributed by atoms with van der Waals surface area (Å²) in [5, 5.41) is 14.4. The molecule has 2 amide bonds. The molecule has 0 radical (unpaired) electrons. The Morgan fingerprint density at radius 3 is 2.34 bits per heavy atom. The normalized spacial score (nSPS) is 18.1. The molecule has 1 heterocycles. The molecule has 0 aliphatic heterocycles. The number of nitrogens with zero attached hydrogens (tertiary/aromatic N) is 2. The molecule has 0 saturated heterocycles. The van der Waals surface area contributed by atoms with Crippen molar-refractivity contribution in [3.8, 4) is 23.4 Å². The van der Waals surface area contributed by atoms with Crippen LogP contribution in [-0.4, -0.2) is 21.8 Å². The first kappa shape index (κ1) is 29.2. The van der Waals surface area contributed by atoms with Crippen LogP contribution in [0.3, 0.4) is 0 Å². The number of aromatic nitrogens is 2. The zero-order chi connectivity index (χ0) is 29.4. The second-order valence-electron chi connectivity index (χ2n) is 9.67. The number of hydrogen-bond donors (Lipinski definition) is 3. The van der Waals surface area contributed by atoms with Crippen molar-refractivity contribution in [3.05, 3.63) is 72.3 Å². The molecule has 2 saturated carbocycles. The van der Waals surface area contributed by atoms with E-state index in [1.54, 1.807) is 42.7 Å². The van der Waals surface area contributed by atoms with Gasteiger partial charge in [0.1, 0.15) is 22.6 Å². The van der Waals surface area contributed by atoms with E-state index in [-0.39, 0.29) is 17.7 Å². The lowest BCUT2D eigenvalue weighted by Crippen LogP contribution is -2.27. The minimum absolute atomic E-state index is 0.0797. The first-order valence-electron chi connectivity index (χ1n) is 14.3. The number of imidazole rings is 1. The van der Waals surface area contributed by atoms with E-state index in [1.165, 1.54) is 12.8 Å². The number of amides is 2. The number of ether oxygens (including phenoxy) is 1. The van der Waals surface area contributed by atoms with E-state index in [0.717, 1.165) is 18.4 Å². The van der Waals surface area contributed by atoms with Crippen LogP contribution in [0.4, 0.5) is 11.4 Å². The topological polar surface area (TPSA) is 120 Å². The van der Waals surface area contributed by atoms with Gasteiger partial charge in [0.15, 0.2) is 0 Å². The Morgan fingerprint density at radius 2 is 1.71 bits per heavy atom. The van der Waals surface area contributed by atoms with Crippen LogP contribution in [0.5, 0.6) is 5.75 Å². The predicted molar refractivity (Wildman–Crippen MR) is 160 cm³/mol. The van der Waals surface area contributed by atoms with Crippen LogP contribution in [0.1, 0.15) is 63.7 Å². The molecule has 2 bridgehead atoms. The highest BCUT2D eigenvalue weighted by molar-refractivity contribution is 6.04. The van der Waals surface area contributed by atoms with E-state index >= 15 is 0 Å². The lowest BCUT2D eigenvalue weighted by atomic mass is 9.88. The summed E-state index contributed by atoms with van der Waals surface area (Å²) in [6, 6.07) is 21.5. The zero-order valence-electron chi connectivity index (χ0n) is 23.9. The fourth-order valence-corrected chi connectivity index (χ4v) is 5.53. The van der Waals surface area contributed by atoms with Gasteiger partial charge in [0.25, 0.3) is 12.2 Å². The molecule has 3 unspecified atom stereocenters. The van der Waals surface area contributed by atoms with Gasteiger partial charge in [0.05, 0.1) is 5.69 Å². The molecule has 8 heteroatoms. The third-order valence-electron chi connectivity index (χ3n) is 7.36. The van der Waals surface area contributed by atoms with Crippen molar-refractivity contribution in [2.24, 2.45) is 17.8 Å². The number of anilines is 2. The highest BCUT2D eigenvalue weighted by Crippen LogP contribution is 2.48. The Hall–Kier alpha value is -4.82. The maximum absolute atomic E-state index is 12.8. The quantitative estimate of drug-likeness (QED) is 0.217. The molecular weight excluding hydrogens is 514 g/mol. The Balaban J connectivity index is 0.000000929. The number of hydrogen-bond acceptors (Lipinski definition) is 5. The van der Waals surface area contributed by atoms with Gasteiger partial charge in [-0.3, -0.25) is 9.59 Å². The van der Waals surface area contributed by atoms with Crippen molar-refractivity contribution in [2.45, 2.75) is 53.4 Å². The molecule has 2 aliphatic rings. The van der Waals surface area contributed by atoms with E-state index in [1.807, 2.05) is 45.9 Å². The second-order valence-corrected chi connectivity index (χ2v) is 9.67. The smallest absolute Gasteiger partial charge is 0.292 e. The van der Waals surface area contributed by atoms with E-state index < -0.39 is 0 Å². The fraction of sp³-hybridized carbons (Fsp3) is 0.333. The minimum atomic E-state index is -0.273. The summed E-state index contributed by atoms with van der Waals surface area (Å²) in [4.78, 5) is 33.2. The van der Waals surface area contributed by atoms with Crippen LogP contribution in [0.25, 0.3) is 22.4 Å². The fourth-order valence-electron chi connectivity index (χ4n) is 5.53. The third-order valence-corrected chi connectivity index (χ3v) is 7.36. The number of H-pyrrole nitrogens is 1.